The van der Waals surface area contributed by atoms with Gasteiger partial charge in [0, 0.05) is 31.3 Å². The lowest BCUT2D eigenvalue weighted by molar-refractivity contribution is -0.131. The van der Waals surface area contributed by atoms with Gasteiger partial charge in [-0.05, 0) is 58.5 Å². The second-order valence-corrected chi connectivity index (χ2v) is 7.22. The number of amides is 1. The van der Waals surface area contributed by atoms with E-state index in [0.717, 1.165) is 63.4 Å². The summed E-state index contributed by atoms with van der Waals surface area (Å²) in [7, 11) is 0. The highest BCUT2D eigenvalue weighted by atomic mass is 16.2. The predicted octanol–water partition coefficient (Wildman–Crippen LogP) is 1.86. The van der Waals surface area contributed by atoms with E-state index in [0.29, 0.717) is 18.2 Å². The summed E-state index contributed by atoms with van der Waals surface area (Å²) < 4.78 is 0. The normalized spacial score (nSPS) is 21.2. The van der Waals surface area contributed by atoms with Gasteiger partial charge in [0.05, 0.1) is 6.04 Å². The van der Waals surface area contributed by atoms with Crippen LogP contribution in [-0.2, 0) is 4.79 Å². The summed E-state index contributed by atoms with van der Waals surface area (Å²) >= 11 is 0. The van der Waals surface area contributed by atoms with Crippen molar-refractivity contribution in [2.45, 2.75) is 52.0 Å². The van der Waals surface area contributed by atoms with Crippen molar-refractivity contribution >= 4 is 5.91 Å². The summed E-state index contributed by atoms with van der Waals surface area (Å²) in [5, 5.41) is 0. The maximum Gasteiger partial charge on any atom is 0.251 e. The van der Waals surface area contributed by atoms with E-state index in [4.69, 9.17) is 0 Å². The Morgan fingerprint density at radius 2 is 1.96 bits per heavy atom. The number of likely N-dealkylation sites (tertiary alicyclic amines) is 2. The number of rotatable bonds is 4. The van der Waals surface area contributed by atoms with Gasteiger partial charge in [0.15, 0.2) is 0 Å². The second kappa shape index (κ2) is 7.47. The molecule has 0 bridgehead atoms. The van der Waals surface area contributed by atoms with E-state index in [1.807, 2.05) is 11.8 Å². The Kier molecular flexibility index (Phi) is 5.33. The molecule has 3 rings (SSSR count). The van der Waals surface area contributed by atoms with Gasteiger partial charge in [0.1, 0.15) is 5.82 Å². The maximum absolute atomic E-state index is 12.3. The van der Waals surface area contributed by atoms with E-state index in [2.05, 4.69) is 21.8 Å². The molecule has 2 aliphatic rings. The first-order valence-electron chi connectivity index (χ1n) is 9.12. The van der Waals surface area contributed by atoms with Gasteiger partial charge in [-0.15, -0.1) is 0 Å². The van der Waals surface area contributed by atoms with E-state index in [1.165, 1.54) is 6.07 Å². The Hall–Kier alpha value is -1.69. The van der Waals surface area contributed by atoms with Crippen LogP contribution in [-0.4, -0.2) is 51.9 Å². The number of nitrogens with one attached hydrogen (secondary N) is 1. The molecule has 0 radical (unpaired) electrons. The van der Waals surface area contributed by atoms with Crippen LogP contribution >= 0.6 is 0 Å². The number of carbonyl (C=O) groups excluding carboxylic acids is 1. The zero-order valence-electron chi connectivity index (χ0n) is 14.8. The first kappa shape index (κ1) is 17.1. The van der Waals surface area contributed by atoms with Crippen LogP contribution in [0.3, 0.4) is 0 Å². The zero-order valence-corrected chi connectivity index (χ0v) is 14.8. The first-order valence-corrected chi connectivity index (χ1v) is 9.12. The third-order valence-electron chi connectivity index (χ3n) is 5.40. The number of nitrogens with zero attached hydrogens (tertiary/aromatic N) is 3. The van der Waals surface area contributed by atoms with Gasteiger partial charge in [-0.3, -0.25) is 14.5 Å². The van der Waals surface area contributed by atoms with E-state index in [1.54, 1.807) is 0 Å². The first-order chi connectivity index (χ1) is 11.5. The standard InChI is InChI=1S/C18H28N4O2/c1-13-11-16(23)20-18(19-13)14(2)21-9-5-15(6-10-21)12-17(24)22-7-3-4-8-22/h11,14-15H,3-10,12H2,1-2H3,(H,19,20,23)/t14-/m0/s1. The lowest BCUT2D eigenvalue weighted by Gasteiger charge is -2.35. The van der Waals surface area contributed by atoms with Gasteiger partial charge in [0.2, 0.25) is 5.91 Å². The van der Waals surface area contributed by atoms with E-state index >= 15 is 0 Å². The highest BCUT2D eigenvalue weighted by Crippen LogP contribution is 2.27. The quantitative estimate of drug-likeness (QED) is 0.914. The highest BCUT2D eigenvalue weighted by Gasteiger charge is 2.28. The van der Waals surface area contributed by atoms with E-state index in [9.17, 15) is 9.59 Å². The third kappa shape index (κ3) is 4.04. The van der Waals surface area contributed by atoms with Crippen molar-refractivity contribution in [2.75, 3.05) is 26.2 Å². The molecule has 2 fully saturated rings. The summed E-state index contributed by atoms with van der Waals surface area (Å²) in [5.74, 6) is 1.57. The molecule has 1 amide bonds. The van der Waals surface area contributed by atoms with Crippen molar-refractivity contribution in [3.05, 3.63) is 27.9 Å². The van der Waals surface area contributed by atoms with Crippen LogP contribution in [0.5, 0.6) is 0 Å². The molecule has 24 heavy (non-hydrogen) atoms. The van der Waals surface area contributed by atoms with Gasteiger partial charge >= 0.3 is 0 Å². The number of aromatic amines is 1. The summed E-state index contributed by atoms with van der Waals surface area (Å²) in [5.41, 5.74) is 0.669. The number of hydrogen-bond acceptors (Lipinski definition) is 4. The summed E-state index contributed by atoms with van der Waals surface area (Å²) in [4.78, 5) is 35.6. The van der Waals surface area contributed by atoms with Crippen LogP contribution < -0.4 is 5.56 Å². The topological polar surface area (TPSA) is 69.3 Å². The minimum absolute atomic E-state index is 0.0876. The molecule has 0 aliphatic carbocycles. The molecule has 132 valence electrons. The van der Waals surface area contributed by atoms with E-state index < -0.39 is 0 Å². The Labute approximate surface area is 143 Å². The monoisotopic (exact) mass is 332 g/mol. The zero-order chi connectivity index (χ0) is 17.1. The van der Waals surface area contributed by atoms with Crippen molar-refractivity contribution in [2.24, 2.45) is 5.92 Å². The molecule has 6 heteroatoms. The Morgan fingerprint density at radius 1 is 1.29 bits per heavy atom. The lowest BCUT2D eigenvalue weighted by Crippen LogP contribution is -2.38. The van der Waals surface area contributed by atoms with Crippen LogP contribution in [0.25, 0.3) is 0 Å². The predicted molar refractivity (Wildman–Crippen MR) is 92.7 cm³/mol. The fourth-order valence-corrected chi connectivity index (χ4v) is 3.86. The average Bonchev–Trinajstić information content (AvgIpc) is 3.08. The van der Waals surface area contributed by atoms with Crippen LogP contribution in [0.2, 0.25) is 0 Å². The fourth-order valence-electron chi connectivity index (χ4n) is 3.86. The average molecular weight is 332 g/mol. The van der Waals surface area contributed by atoms with Crippen LogP contribution in [0.4, 0.5) is 0 Å². The second-order valence-electron chi connectivity index (χ2n) is 7.22. The van der Waals surface area contributed by atoms with Crippen LogP contribution in [0.15, 0.2) is 10.9 Å². The smallest absolute Gasteiger partial charge is 0.251 e. The number of piperidine rings is 1. The molecular formula is C18H28N4O2. The summed E-state index contributed by atoms with van der Waals surface area (Å²) in [6.07, 6.45) is 5.09. The minimum atomic E-state index is -0.0876. The van der Waals surface area contributed by atoms with Gasteiger partial charge < -0.3 is 9.88 Å². The van der Waals surface area contributed by atoms with Crippen molar-refractivity contribution in [3.8, 4) is 0 Å². The Bertz CT molecular complexity index is 628. The van der Waals surface area contributed by atoms with Gasteiger partial charge in [-0.1, -0.05) is 0 Å². The molecule has 1 aromatic rings. The highest BCUT2D eigenvalue weighted by molar-refractivity contribution is 5.76. The van der Waals surface area contributed by atoms with Gasteiger partial charge in [0.25, 0.3) is 5.56 Å². The number of aryl methyl sites for hydroxylation is 1. The molecule has 1 aromatic heterocycles. The van der Waals surface area contributed by atoms with Crippen molar-refractivity contribution in [1.29, 1.82) is 0 Å². The number of hydrogen-bond donors (Lipinski definition) is 1. The summed E-state index contributed by atoms with van der Waals surface area (Å²) in [6.45, 7) is 7.74. The van der Waals surface area contributed by atoms with E-state index in [-0.39, 0.29) is 11.6 Å². The molecule has 0 unspecified atom stereocenters. The molecule has 0 saturated carbocycles. The van der Waals surface area contributed by atoms with Gasteiger partial charge in [-0.25, -0.2) is 4.98 Å². The number of carbonyl (C=O) groups is 1. The van der Waals surface area contributed by atoms with Crippen LogP contribution in [0.1, 0.15) is 56.6 Å². The molecule has 3 heterocycles. The SMILES string of the molecule is Cc1cc(=O)[nH]c([C@H](C)N2CCC(CC(=O)N3CCCC3)CC2)n1. The largest absolute Gasteiger partial charge is 0.343 e. The molecule has 0 spiro atoms. The molecular weight excluding hydrogens is 304 g/mol. The Morgan fingerprint density at radius 3 is 2.58 bits per heavy atom. The number of H-pyrrole nitrogens is 1. The van der Waals surface area contributed by atoms with Crippen LogP contribution in [0, 0.1) is 12.8 Å². The number of aromatic nitrogens is 2. The summed E-state index contributed by atoms with van der Waals surface area (Å²) in [6, 6.07) is 1.62. The fraction of sp³-hybridized carbons (Fsp3) is 0.722. The Balaban J connectivity index is 1.52. The molecule has 2 aliphatic heterocycles. The third-order valence-corrected chi connectivity index (χ3v) is 5.40. The van der Waals surface area contributed by atoms with Crippen molar-refractivity contribution < 1.29 is 4.79 Å². The molecule has 1 N–H and O–H groups in total. The molecule has 2 saturated heterocycles. The molecule has 6 nitrogen and oxygen atoms in total. The minimum Gasteiger partial charge on any atom is -0.343 e. The van der Waals surface area contributed by atoms with Crippen molar-refractivity contribution in [3.63, 3.8) is 0 Å². The van der Waals surface area contributed by atoms with Crippen molar-refractivity contribution in [1.82, 2.24) is 19.8 Å². The maximum atomic E-state index is 12.3. The molecule has 1 atom stereocenters. The lowest BCUT2D eigenvalue weighted by atomic mass is 9.92. The molecule has 0 aromatic carbocycles. The van der Waals surface area contributed by atoms with Gasteiger partial charge in [-0.2, -0.15) is 0 Å².